The average molecular weight is 524 g/mol. The van der Waals surface area contributed by atoms with E-state index < -0.39 is 11.4 Å². The second kappa shape index (κ2) is 12.7. The molecule has 4 aromatic rings. The molecule has 0 amide bonds. The number of ether oxygens (including phenoxy) is 2. The van der Waals surface area contributed by atoms with Crippen molar-refractivity contribution < 1.29 is 23.9 Å². The highest BCUT2D eigenvalue weighted by Crippen LogP contribution is 2.30. The Morgan fingerprint density at radius 1 is 0.897 bits per heavy atom. The summed E-state index contributed by atoms with van der Waals surface area (Å²) in [5.41, 5.74) is 4.03. The SMILES string of the molecule is CC(C)(C)C(=O)OC[n+]1cccc(CN=C([O-])Nc2ccc(COc3ccccc3-c3ccccc3)cc2)c1. The van der Waals surface area contributed by atoms with Gasteiger partial charge in [-0.05, 0) is 56.2 Å². The van der Waals surface area contributed by atoms with E-state index in [1.54, 1.807) is 17.0 Å². The van der Waals surface area contributed by atoms with Crippen molar-refractivity contribution >= 4 is 17.7 Å². The first-order valence-electron chi connectivity index (χ1n) is 12.8. The molecule has 0 saturated heterocycles. The third kappa shape index (κ3) is 8.17. The molecule has 7 heteroatoms. The number of amidine groups is 1. The van der Waals surface area contributed by atoms with Crippen LogP contribution in [0.4, 0.5) is 5.69 Å². The van der Waals surface area contributed by atoms with Gasteiger partial charge in [0.1, 0.15) is 12.4 Å². The number of aliphatic imine (C=N–C) groups is 1. The van der Waals surface area contributed by atoms with Crippen LogP contribution in [0.1, 0.15) is 31.9 Å². The molecule has 0 bridgehead atoms. The van der Waals surface area contributed by atoms with Gasteiger partial charge < -0.3 is 19.9 Å². The molecule has 0 fully saturated rings. The van der Waals surface area contributed by atoms with Gasteiger partial charge in [-0.3, -0.25) is 9.79 Å². The number of anilines is 1. The minimum Gasteiger partial charge on any atom is -0.846 e. The molecule has 7 nitrogen and oxygen atoms in total. The van der Waals surface area contributed by atoms with Gasteiger partial charge in [-0.1, -0.05) is 60.7 Å². The van der Waals surface area contributed by atoms with Gasteiger partial charge in [0.2, 0.25) is 0 Å². The number of benzene rings is 3. The van der Waals surface area contributed by atoms with Gasteiger partial charge in [0.05, 0.1) is 18.0 Å². The van der Waals surface area contributed by atoms with Gasteiger partial charge in [-0.25, -0.2) is 0 Å². The van der Waals surface area contributed by atoms with Crippen LogP contribution in [0.2, 0.25) is 0 Å². The standard InChI is InChI=1S/C32H33N3O4/c1-32(2,3)30(36)39-23-35-19-9-10-25(21-35)20-33-31(37)34-27-17-15-24(16-18-27)22-38-29-14-8-7-13-28(29)26-11-5-4-6-12-26/h4-19,21H,20,22-23H2,1-3H3,(H-,33,34,37). The molecule has 0 radical (unpaired) electrons. The number of hydrogen-bond acceptors (Lipinski definition) is 5. The molecule has 200 valence electrons. The van der Waals surface area contributed by atoms with Crippen molar-refractivity contribution in [3.63, 3.8) is 0 Å². The lowest BCUT2D eigenvalue weighted by atomic mass is 9.98. The molecule has 1 aromatic heterocycles. The van der Waals surface area contributed by atoms with Gasteiger partial charge >= 0.3 is 5.97 Å². The number of carbonyl (C=O) groups excluding carboxylic acids is 1. The van der Waals surface area contributed by atoms with Crippen LogP contribution in [0.25, 0.3) is 11.1 Å². The fourth-order valence-corrected chi connectivity index (χ4v) is 3.72. The van der Waals surface area contributed by atoms with Crippen molar-refractivity contribution in [3.8, 4) is 16.9 Å². The molecule has 0 atom stereocenters. The maximum absolute atomic E-state index is 12.4. The summed E-state index contributed by atoms with van der Waals surface area (Å²) in [7, 11) is 0. The molecule has 3 aromatic carbocycles. The van der Waals surface area contributed by atoms with Crippen molar-refractivity contribution in [2.45, 2.75) is 40.7 Å². The molecular weight excluding hydrogens is 490 g/mol. The monoisotopic (exact) mass is 523 g/mol. The second-order valence-electron chi connectivity index (χ2n) is 10.1. The topological polar surface area (TPSA) is 86.9 Å². The zero-order valence-corrected chi connectivity index (χ0v) is 22.5. The third-order valence-corrected chi connectivity index (χ3v) is 5.85. The summed E-state index contributed by atoms with van der Waals surface area (Å²) in [5, 5.41) is 15.2. The predicted molar refractivity (Wildman–Crippen MR) is 150 cm³/mol. The van der Waals surface area contributed by atoms with Gasteiger partial charge in [-0.15, -0.1) is 0 Å². The number of carbonyl (C=O) groups is 1. The van der Waals surface area contributed by atoms with Gasteiger partial charge in [0, 0.05) is 22.9 Å². The van der Waals surface area contributed by atoms with Gasteiger partial charge in [0.15, 0.2) is 12.4 Å². The number of para-hydroxylation sites is 1. The number of nitrogens with one attached hydrogen (secondary N) is 1. The molecule has 4 rings (SSSR count). The Kier molecular flexibility index (Phi) is 8.94. The first-order valence-corrected chi connectivity index (χ1v) is 12.8. The number of hydrogen-bond donors (Lipinski definition) is 1. The Morgan fingerprint density at radius 3 is 2.36 bits per heavy atom. The van der Waals surface area contributed by atoms with Gasteiger partial charge in [0.25, 0.3) is 6.73 Å². The van der Waals surface area contributed by atoms with E-state index in [2.05, 4.69) is 22.4 Å². The van der Waals surface area contributed by atoms with Crippen molar-refractivity contribution in [3.05, 3.63) is 115 Å². The van der Waals surface area contributed by atoms with Crippen LogP contribution in [0.3, 0.4) is 0 Å². The minimum atomic E-state index is -0.565. The first-order chi connectivity index (χ1) is 18.8. The van der Waals surface area contributed by atoms with Crippen molar-refractivity contribution in [1.82, 2.24) is 0 Å². The van der Waals surface area contributed by atoms with Crippen LogP contribution in [-0.4, -0.2) is 12.0 Å². The molecular formula is C32H33N3O4. The molecule has 0 aliphatic carbocycles. The molecule has 0 aliphatic rings. The highest BCUT2D eigenvalue weighted by molar-refractivity contribution is 5.85. The Bertz CT molecular complexity index is 1410. The van der Waals surface area contributed by atoms with Crippen molar-refractivity contribution in [2.24, 2.45) is 10.4 Å². The lowest BCUT2D eigenvalue weighted by Crippen LogP contribution is -2.38. The van der Waals surface area contributed by atoms with E-state index in [9.17, 15) is 9.90 Å². The normalized spacial score (nSPS) is 11.6. The Balaban J connectivity index is 1.29. The molecule has 0 unspecified atom stereocenters. The maximum atomic E-state index is 12.4. The lowest BCUT2D eigenvalue weighted by Gasteiger charge is -2.15. The summed E-state index contributed by atoms with van der Waals surface area (Å²) in [4.78, 5) is 16.1. The summed E-state index contributed by atoms with van der Waals surface area (Å²) in [6, 6.07) is 28.8. The van der Waals surface area contributed by atoms with E-state index in [0.29, 0.717) is 12.3 Å². The van der Waals surface area contributed by atoms with E-state index in [0.717, 1.165) is 28.0 Å². The maximum Gasteiger partial charge on any atom is 0.316 e. The predicted octanol–water partition coefficient (Wildman–Crippen LogP) is 5.10. The van der Waals surface area contributed by atoms with Crippen LogP contribution >= 0.6 is 0 Å². The highest BCUT2D eigenvalue weighted by Gasteiger charge is 2.24. The second-order valence-corrected chi connectivity index (χ2v) is 10.1. The van der Waals surface area contributed by atoms with Gasteiger partial charge in [-0.2, -0.15) is 4.57 Å². The Morgan fingerprint density at radius 2 is 1.62 bits per heavy atom. The smallest absolute Gasteiger partial charge is 0.316 e. The quantitative estimate of drug-likeness (QED) is 0.143. The zero-order chi connectivity index (χ0) is 27.7. The Hall–Kier alpha value is -4.65. The lowest BCUT2D eigenvalue weighted by molar-refractivity contribution is -0.728. The van der Waals surface area contributed by atoms with Crippen LogP contribution in [0.15, 0.2) is 108 Å². The molecule has 1 N–H and O–H groups in total. The fourth-order valence-electron chi connectivity index (χ4n) is 3.72. The molecule has 1 heterocycles. The van der Waals surface area contributed by atoms with Crippen molar-refractivity contribution in [2.75, 3.05) is 5.32 Å². The third-order valence-electron chi connectivity index (χ3n) is 5.85. The largest absolute Gasteiger partial charge is 0.846 e. The number of rotatable bonds is 9. The fraction of sp³-hybridized carbons (Fsp3) is 0.219. The van der Waals surface area contributed by atoms with E-state index in [-0.39, 0.29) is 19.2 Å². The molecule has 39 heavy (non-hydrogen) atoms. The number of nitrogens with zero attached hydrogens (tertiary/aromatic N) is 2. The average Bonchev–Trinajstić information content (AvgIpc) is 2.95. The summed E-state index contributed by atoms with van der Waals surface area (Å²) in [5.74, 6) is 0.536. The summed E-state index contributed by atoms with van der Waals surface area (Å²) >= 11 is 0. The van der Waals surface area contributed by atoms with E-state index in [1.165, 1.54) is 0 Å². The van der Waals surface area contributed by atoms with E-state index in [1.807, 2.05) is 99.6 Å². The summed E-state index contributed by atoms with van der Waals surface area (Å²) in [6.07, 6.45) is 3.60. The zero-order valence-electron chi connectivity index (χ0n) is 22.5. The van der Waals surface area contributed by atoms with Crippen LogP contribution in [0, 0.1) is 5.41 Å². The molecule has 0 saturated carbocycles. The first kappa shape index (κ1) is 27.4. The van der Waals surface area contributed by atoms with Crippen LogP contribution < -0.4 is 19.7 Å². The molecule has 0 spiro atoms. The summed E-state index contributed by atoms with van der Waals surface area (Å²) < 4.78 is 13.2. The highest BCUT2D eigenvalue weighted by atomic mass is 16.5. The number of esters is 1. The minimum absolute atomic E-state index is 0.101. The Labute approximate surface area is 229 Å². The van der Waals surface area contributed by atoms with E-state index in [4.69, 9.17) is 9.47 Å². The number of pyridine rings is 1. The van der Waals surface area contributed by atoms with E-state index >= 15 is 0 Å². The summed E-state index contributed by atoms with van der Waals surface area (Å²) in [6.45, 7) is 6.13. The molecule has 0 aliphatic heterocycles. The van der Waals surface area contributed by atoms with Crippen LogP contribution in [0.5, 0.6) is 5.75 Å². The van der Waals surface area contributed by atoms with Crippen LogP contribution in [-0.2, 0) is 29.4 Å². The van der Waals surface area contributed by atoms with Crippen molar-refractivity contribution in [1.29, 1.82) is 0 Å². The number of aromatic nitrogens is 1.